The minimum Gasteiger partial charge on any atom is -0.364 e. The van der Waals surface area contributed by atoms with Crippen molar-refractivity contribution in [2.75, 3.05) is 0 Å². The quantitative estimate of drug-likeness (QED) is 0.384. The van der Waals surface area contributed by atoms with Crippen LogP contribution in [0.1, 0.15) is 28.7 Å². The number of ether oxygens (including phenoxy) is 1. The molecule has 1 nitrogen and oxygen atoms in total. The van der Waals surface area contributed by atoms with Crippen LogP contribution in [0.15, 0.2) is 103 Å². The van der Waals surface area contributed by atoms with Crippen molar-refractivity contribution in [2.24, 2.45) is 0 Å². The van der Waals surface area contributed by atoms with Crippen LogP contribution in [0.3, 0.4) is 0 Å². The first-order valence-corrected chi connectivity index (χ1v) is 9.62. The topological polar surface area (TPSA) is 12.5 Å². The third-order valence-corrected chi connectivity index (χ3v) is 5.57. The van der Waals surface area contributed by atoms with Gasteiger partial charge in [0.2, 0.25) is 0 Å². The smallest absolute Gasteiger partial charge is 0.110 e. The molecular formula is C26H22O. The molecule has 0 radical (unpaired) electrons. The molecular weight excluding hydrogens is 328 g/mol. The van der Waals surface area contributed by atoms with E-state index in [1.165, 1.54) is 27.5 Å². The summed E-state index contributed by atoms with van der Waals surface area (Å²) in [5.74, 6) is 0.337. The van der Waals surface area contributed by atoms with Crippen molar-refractivity contribution in [3.8, 4) is 0 Å². The molecule has 0 aromatic heterocycles. The van der Waals surface area contributed by atoms with E-state index in [1.807, 2.05) is 0 Å². The zero-order valence-electron chi connectivity index (χ0n) is 15.2. The lowest BCUT2D eigenvalue weighted by atomic mass is 9.84. The minimum atomic E-state index is 0.193. The highest BCUT2D eigenvalue weighted by Gasteiger charge is 2.46. The molecule has 1 heterocycles. The first-order chi connectivity index (χ1) is 13.4. The van der Waals surface area contributed by atoms with E-state index in [-0.39, 0.29) is 12.2 Å². The highest BCUT2D eigenvalue weighted by molar-refractivity contribution is 5.86. The molecule has 132 valence electrons. The van der Waals surface area contributed by atoms with Gasteiger partial charge in [-0.1, -0.05) is 103 Å². The predicted octanol–water partition coefficient (Wildman–Crippen LogP) is 6.31. The summed E-state index contributed by atoms with van der Waals surface area (Å²) in [6, 6.07) is 36.7. The van der Waals surface area contributed by atoms with Gasteiger partial charge in [-0.3, -0.25) is 0 Å². The van der Waals surface area contributed by atoms with Gasteiger partial charge < -0.3 is 4.74 Å². The van der Waals surface area contributed by atoms with Crippen LogP contribution < -0.4 is 0 Å². The first-order valence-electron chi connectivity index (χ1n) is 9.62. The molecule has 0 spiro atoms. The number of rotatable bonds is 5. The molecule has 3 atom stereocenters. The summed E-state index contributed by atoms with van der Waals surface area (Å²) < 4.78 is 6.24. The van der Waals surface area contributed by atoms with Crippen LogP contribution >= 0.6 is 0 Å². The Bertz CT molecular complexity index is 1030. The Kier molecular flexibility index (Phi) is 4.23. The van der Waals surface area contributed by atoms with Crippen LogP contribution in [0, 0.1) is 0 Å². The van der Waals surface area contributed by atoms with Crippen LogP contribution in [-0.4, -0.2) is 6.10 Å². The number of hydrogen-bond donors (Lipinski definition) is 0. The van der Waals surface area contributed by atoms with Crippen molar-refractivity contribution in [1.82, 2.24) is 0 Å². The van der Waals surface area contributed by atoms with Gasteiger partial charge in [0.15, 0.2) is 0 Å². The molecule has 3 unspecified atom stereocenters. The second kappa shape index (κ2) is 7.02. The van der Waals surface area contributed by atoms with Gasteiger partial charge in [-0.15, -0.1) is 0 Å². The zero-order valence-corrected chi connectivity index (χ0v) is 15.2. The summed E-state index contributed by atoms with van der Waals surface area (Å²) in [6.45, 7) is 0. The molecule has 1 aliphatic heterocycles. The fourth-order valence-electron chi connectivity index (χ4n) is 4.19. The van der Waals surface area contributed by atoms with Crippen molar-refractivity contribution in [1.29, 1.82) is 0 Å². The number of hydrogen-bond acceptors (Lipinski definition) is 1. The fourth-order valence-corrected chi connectivity index (χ4v) is 4.19. The van der Waals surface area contributed by atoms with E-state index in [4.69, 9.17) is 4.74 Å². The molecule has 0 N–H and O–H groups in total. The zero-order chi connectivity index (χ0) is 18.1. The van der Waals surface area contributed by atoms with E-state index in [9.17, 15) is 0 Å². The average molecular weight is 350 g/mol. The summed E-state index contributed by atoms with van der Waals surface area (Å²) in [5.41, 5.74) is 4.03. The van der Waals surface area contributed by atoms with Crippen molar-refractivity contribution < 1.29 is 4.74 Å². The van der Waals surface area contributed by atoms with Gasteiger partial charge in [0.05, 0.1) is 6.10 Å². The highest BCUT2D eigenvalue weighted by atomic mass is 16.6. The Hall–Kier alpha value is -2.90. The lowest BCUT2D eigenvalue weighted by molar-refractivity contribution is 0.349. The Morgan fingerprint density at radius 2 is 1.33 bits per heavy atom. The van der Waals surface area contributed by atoms with Crippen molar-refractivity contribution in [3.63, 3.8) is 0 Å². The van der Waals surface area contributed by atoms with Crippen LogP contribution in [-0.2, 0) is 11.2 Å². The minimum absolute atomic E-state index is 0.193. The number of fused-ring (bicyclic) bond motifs is 1. The summed E-state index contributed by atoms with van der Waals surface area (Å²) in [7, 11) is 0. The molecule has 1 aliphatic rings. The van der Waals surface area contributed by atoms with E-state index in [0.717, 1.165) is 6.42 Å². The lowest BCUT2D eigenvalue weighted by Gasteiger charge is -2.18. The predicted molar refractivity (Wildman–Crippen MR) is 111 cm³/mol. The maximum absolute atomic E-state index is 6.24. The van der Waals surface area contributed by atoms with Gasteiger partial charge in [-0.25, -0.2) is 0 Å². The first kappa shape index (κ1) is 16.3. The Morgan fingerprint density at radius 1 is 0.667 bits per heavy atom. The normalized spacial score (nSPS) is 19.7. The molecule has 0 bridgehead atoms. The highest BCUT2D eigenvalue weighted by Crippen LogP contribution is 2.49. The Morgan fingerprint density at radius 3 is 2.15 bits per heavy atom. The molecule has 0 saturated carbocycles. The fraction of sp³-hybridized carbons (Fsp3) is 0.154. The lowest BCUT2D eigenvalue weighted by Crippen LogP contribution is -2.11. The van der Waals surface area contributed by atoms with Crippen molar-refractivity contribution in [2.45, 2.75) is 24.5 Å². The SMILES string of the molecule is c1ccc(CC(c2cccc3ccccc23)C2OC2c2ccccc2)cc1. The van der Waals surface area contributed by atoms with Crippen LogP contribution in [0.5, 0.6) is 0 Å². The molecule has 27 heavy (non-hydrogen) atoms. The van der Waals surface area contributed by atoms with E-state index in [1.54, 1.807) is 0 Å². The molecule has 0 amide bonds. The molecule has 5 rings (SSSR count). The van der Waals surface area contributed by atoms with Gasteiger partial charge in [-0.2, -0.15) is 0 Å². The summed E-state index contributed by atoms with van der Waals surface area (Å²) in [6.07, 6.45) is 1.40. The van der Waals surface area contributed by atoms with Crippen molar-refractivity contribution >= 4 is 10.8 Å². The van der Waals surface area contributed by atoms with Gasteiger partial charge in [0.1, 0.15) is 6.10 Å². The Balaban J connectivity index is 1.55. The van der Waals surface area contributed by atoms with Gasteiger partial charge in [-0.05, 0) is 33.9 Å². The second-order valence-electron chi connectivity index (χ2n) is 7.30. The van der Waals surface area contributed by atoms with Crippen molar-refractivity contribution in [3.05, 3.63) is 120 Å². The maximum atomic E-state index is 6.24. The molecule has 4 aromatic carbocycles. The van der Waals surface area contributed by atoms with E-state index in [0.29, 0.717) is 5.92 Å². The largest absolute Gasteiger partial charge is 0.364 e. The summed E-state index contributed by atoms with van der Waals surface area (Å²) in [5, 5.41) is 2.63. The van der Waals surface area contributed by atoms with E-state index in [2.05, 4.69) is 103 Å². The van der Waals surface area contributed by atoms with Crippen LogP contribution in [0.25, 0.3) is 10.8 Å². The van der Waals surface area contributed by atoms with E-state index >= 15 is 0 Å². The standard InChI is InChI=1S/C26H22O/c1-3-10-19(11-4-1)18-24(26-25(27-26)21-13-5-2-6-14-21)23-17-9-15-20-12-7-8-16-22(20)23/h1-17,24-26H,18H2. The molecule has 4 aromatic rings. The van der Waals surface area contributed by atoms with E-state index < -0.39 is 0 Å². The summed E-state index contributed by atoms with van der Waals surface area (Å²) >= 11 is 0. The molecule has 1 saturated heterocycles. The van der Waals surface area contributed by atoms with Gasteiger partial charge >= 0.3 is 0 Å². The van der Waals surface area contributed by atoms with Gasteiger partial charge in [0, 0.05) is 5.92 Å². The number of benzene rings is 4. The average Bonchev–Trinajstić information content (AvgIpc) is 3.54. The van der Waals surface area contributed by atoms with Crippen LogP contribution in [0.4, 0.5) is 0 Å². The maximum Gasteiger partial charge on any atom is 0.110 e. The van der Waals surface area contributed by atoms with Gasteiger partial charge in [0.25, 0.3) is 0 Å². The summed E-state index contributed by atoms with van der Waals surface area (Å²) in [4.78, 5) is 0. The molecule has 1 heteroatoms. The van der Waals surface area contributed by atoms with Crippen LogP contribution in [0.2, 0.25) is 0 Å². The third-order valence-electron chi connectivity index (χ3n) is 5.57. The Labute approximate surface area is 160 Å². The monoisotopic (exact) mass is 350 g/mol. The second-order valence-corrected chi connectivity index (χ2v) is 7.30. The third kappa shape index (κ3) is 3.27. The number of epoxide rings is 1. The molecule has 0 aliphatic carbocycles. The molecule has 1 fully saturated rings.